The van der Waals surface area contributed by atoms with Crippen LogP contribution >= 0.6 is 0 Å². The molecular formula is C14H10F3NO2. The lowest BCUT2D eigenvalue weighted by molar-refractivity contribution is -0.137. The van der Waals surface area contributed by atoms with E-state index >= 15 is 0 Å². The smallest absolute Gasteiger partial charge is 0.416 e. The maximum atomic E-state index is 12.7. The normalized spacial score (nSPS) is 17.2. The molecule has 1 aliphatic rings. The fourth-order valence-corrected chi connectivity index (χ4v) is 1.97. The van der Waals surface area contributed by atoms with Crippen molar-refractivity contribution in [1.82, 2.24) is 0 Å². The molecule has 0 aliphatic carbocycles. The number of anilines is 1. The molecule has 1 aliphatic heterocycles. The number of nitrogens with two attached hydrogens (primary N) is 1. The van der Waals surface area contributed by atoms with Crippen LogP contribution in [0.25, 0.3) is 0 Å². The molecule has 0 aromatic heterocycles. The molecule has 104 valence electrons. The van der Waals surface area contributed by atoms with E-state index < -0.39 is 18.0 Å². The lowest BCUT2D eigenvalue weighted by Crippen LogP contribution is -2.11. The molecule has 20 heavy (non-hydrogen) atoms. The second-order valence-corrected chi connectivity index (χ2v) is 4.40. The van der Waals surface area contributed by atoms with Crippen LogP contribution in [0.3, 0.4) is 0 Å². The molecule has 2 N–H and O–H groups in total. The Morgan fingerprint density at radius 1 is 0.950 bits per heavy atom. The van der Waals surface area contributed by atoms with E-state index in [9.17, 15) is 13.2 Å². The third kappa shape index (κ3) is 2.24. The first kappa shape index (κ1) is 12.7. The maximum Gasteiger partial charge on any atom is 0.416 e. The van der Waals surface area contributed by atoms with E-state index in [1.165, 1.54) is 12.1 Å². The van der Waals surface area contributed by atoms with Crippen molar-refractivity contribution in [1.29, 1.82) is 0 Å². The monoisotopic (exact) mass is 281 g/mol. The van der Waals surface area contributed by atoms with Gasteiger partial charge in [0.15, 0.2) is 11.5 Å². The molecule has 1 unspecified atom stereocenters. The largest absolute Gasteiger partial charge is 0.447 e. The number of hydrogen-bond donors (Lipinski definition) is 1. The molecule has 3 nitrogen and oxygen atoms in total. The highest BCUT2D eigenvalue weighted by Crippen LogP contribution is 2.42. The van der Waals surface area contributed by atoms with Gasteiger partial charge in [-0.3, -0.25) is 0 Å². The molecule has 1 atom stereocenters. The van der Waals surface area contributed by atoms with Gasteiger partial charge < -0.3 is 15.2 Å². The zero-order valence-electron chi connectivity index (χ0n) is 10.1. The van der Waals surface area contributed by atoms with Crippen LogP contribution in [0, 0.1) is 0 Å². The zero-order valence-corrected chi connectivity index (χ0v) is 10.1. The number of halogens is 3. The molecule has 6 heteroatoms. The molecule has 0 spiro atoms. The fraction of sp³-hybridized carbons (Fsp3) is 0.143. The summed E-state index contributed by atoms with van der Waals surface area (Å²) in [6.45, 7) is 0. The molecule has 0 saturated carbocycles. The van der Waals surface area contributed by atoms with Crippen molar-refractivity contribution >= 4 is 5.69 Å². The summed E-state index contributed by atoms with van der Waals surface area (Å²) in [5.74, 6) is 0.883. The number of rotatable bonds is 1. The van der Waals surface area contributed by atoms with Gasteiger partial charge in [0, 0.05) is 17.3 Å². The predicted octanol–water partition coefficient (Wildman–Crippen LogP) is 3.76. The molecule has 0 saturated heterocycles. The van der Waals surface area contributed by atoms with Crippen LogP contribution in [0.1, 0.15) is 17.4 Å². The van der Waals surface area contributed by atoms with Gasteiger partial charge in [-0.25, -0.2) is 0 Å². The van der Waals surface area contributed by atoms with Gasteiger partial charge in [0.2, 0.25) is 0 Å². The Balaban J connectivity index is 1.89. The van der Waals surface area contributed by atoms with Gasteiger partial charge in [0.05, 0.1) is 5.56 Å². The van der Waals surface area contributed by atoms with Crippen LogP contribution < -0.4 is 15.2 Å². The van der Waals surface area contributed by atoms with Gasteiger partial charge in [-0.15, -0.1) is 0 Å². The fourth-order valence-electron chi connectivity index (χ4n) is 1.97. The minimum Gasteiger partial charge on any atom is -0.447 e. The van der Waals surface area contributed by atoms with Crippen molar-refractivity contribution in [2.24, 2.45) is 0 Å². The third-order valence-electron chi connectivity index (χ3n) is 2.92. The zero-order chi connectivity index (χ0) is 14.3. The van der Waals surface area contributed by atoms with Gasteiger partial charge in [-0.05, 0) is 24.3 Å². The summed E-state index contributed by atoms with van der Waals surface area (Å²) in [4.78, 5) is 0. The van der Waals surface area contributed by atoms with Crippen LogP contribution in [0.5, 0.6) is 11.5 Å². The Morgan fingerprint density at radius 2 is 1.70 bits per heavy atom. The minimum absolute atomic E-state index is 0.301. The number of benzene rings is 2. The highest BCUT2D eigenvalue weighted by atomic mass is 19.4. The standard InChI is InChI=1S/C14H10F3NO2/c15-14(16,17)9-3-1-2-8(6-9)13-19-11-5-4-10(18)7-12(11)20-13/h1-7,13H,18H2. The SMILES string of the molecule is Nc1ccc2c(c1)OC(c1cccc(C(F)(F)F)c1)O2. The third-order valence-corrected chi connectivity index (χ3v) is 2.92. The minimum atomic E-state index is -4.40. The number of hydrogen-bond acceptors (Lipinski definition) is 3. The second kappa shape index (κ2) is 4.33. The first-order valence-corrected chi connectivity index (χ1v) is 5.83. The van der Waals surface area contributed by atoms with Crippen LogP contribution in [-0.4, -0.2) is 0 Å². The summed E-state index contributed by atoms with van der Waals surface area (Å²) < 4.78 is 49.0. The van der Waals surface area contributed by atoms with Crippen molar-refractivity contribution in [3.8, 4) is 11.5 Å². The lowest BCUT2D eigenvalue weighted by Gasteiger charge is -2.13. The van der Waals surface area contributed by atoms with Gasteiger partial charge >= 0.3 is 6.18 Å². The summed E-state index contributed by atoms with van der Waals surface area (Å²) in [6.07, 6.45) is -5.29. The van der Waals surface area contributed by atoms with E-state index in [2.05, 4.69) is 0 Å². The summed E-state index contributed by atoms with van der Waals surface area (Å²) in [7, 11) is 0. The molecule has 3 rings (SSSR count). The number of alkyl halides is 3. The topological polar surface area (TPSA) is 44.5 Å². The molecule has 2 aromatic rings. The quantitative estimate of drug-likeness (QED) is 0.809. The predicted molar refractivity (Wildman–Crippen MR) is 66.3 cm³/mol. The molecule has 0 fully saturated rings. The Hall–Kier alpha value is -2.37. The van der Waals surface area contributed by atoms with Crippen LogP contribution in [0.15, 0.2) is 42.5 Å². The van der Waals surface area contributed by atoms with Crippen LogP contribution in [0.2, 0.25) is 0 Å². The van der Waals surface area contributed by atoms with E-state index in [1.807, 2.05) is 0 Å². The summed E-state index contributed by atoms with van der Waals surface area (Å²) in [5, 5.41) is 0. The number of nitrogen functional groups attached to an aromatic ring is 1. The van der Waals surface area contributed by atoms with Crippen LogP contribution in [0.4, 0.5) is 18.9 Å². The Kier molecular flexibility index (Phi) is 2.74. The van der Waals surface area contributed by atoms with E-state index in [1.54, 1.807) is 18.2 Å². The van der Waals surface area contributed by atoms with E-state index in [4.69, 9.17) is 15.2 Å². The molecule has 0 radical (unpaired) electrons. The van der Waals surface area contributed by atoms with Crippen molar-refractivity contribution < 1.29 is 22.6 Å². The maximum absolute atomic E-state index is 12.7. The Morgan fingerprint density at radius 3 is 2.45 bits per heavy atom. The lowest BCUT2D eigenvalue weighted by atomic mass is 10.1. The van der Waals surface area contributed by atoms with Gasteiger partial charge in [0.1, 0.15) is 0 Å². The Bertz CT molecular complexity index is 655. The van der Waals surface area contributed by atoms with Crippen molar-refractivity contribution in [2.45, 2.75) is 12.5 Å². The molecule has 1 heterocycles. The first-order valence-electron chi connectivity index (χ1n) is 5.83. The van der Waals surface area contributed by atoms with Gasteiger partial charge in [-0.1, -0.05) is 12.1 Å². The van der Waals surface area contributed by atoms with Gasteiger partial charge in [0.25, 0.3) is 6.29 Å². The molecule has 0 amide bonds. The number of fused-ring (bicyclic) bond motifs is 1. The summed E-state index contributed by atoms with van der Waals surface area (Å²) >= 11 is 0. The number of ether oxygens (including phenoxy) is 2. The first-order chi connectivity index (χ1) is 9.43. The molecule has 0 bridgehead atoms. The van der Waals surface area contributed by atoms with E-state index in [0.29, 0.717) is 22.7 Å². The summed E-state index contributed by atoms with van der Waals surface area (Å²) in [5.41, 5.74) is 5.67. The van der Waals surface area contributed by atoms with E-state index in [0.717, 1.165) is 12.1 Å². The Labute approximate surface area is 112 Å². The molecular weight excluding hydrogens is 271 g/mol. The average molecular weight is 281 g/mol. The van der Waals surface area contributed by atoms with Crippen molar-refractivity contribution in [3.05, 3.63) is 53.6 Å². The molecule has 2 aromatic carbocycles. The van der Waals surface area contributed by atoms with Crippen molar-refractivity contribution in [3.63, 3.8) is 0 Å². The highest BCUT2D eigenvalue weighted by molar-refractivity contribution is 5.53. The highest BCUT2D eigenvalue weighted by Gasteiger charge is 2.32. The van der Waals surface area contributed by atoms with Gasteiger partial charge in [-0.2, -0.15) is 13.2 Å². The summed E-state index contributed by atoms with van der Waals surface area (Å²) in [6, 6.07) is 9.69. The van der Waals surface area contributed by atoms with E-state index in [-0.39, 0.29) is 0 Å². The average Bonchev–Trinajstić information content (AvgIpc) is 2.81. The van der Waals surface area contributed by atoms with Crippen molar-refractivity contribution in [2.75, 3.05) is 5.73 Å². The van der Waals surface area contributed by atoms with Crippen LogP contribution in [-0.2, 0) is 6.18 Å². The second-order valence-electron chi connectivity index (χ2n) is 4.40.